The molecular formula is C21H24N4O13S. The quantitative estimate of drug-likeness (QED) is 0.0934. The van der Waals surface area contributed by atoms with Gasteiger partial charge in [-0.25, -0.2) is 37.3 Å². The number of aliphatic carboxylic acids is 3. The first kappa shape index (κ1) is 30.8. The Morgan fingerprint density at radius 1 is 0.923 bits per heavy atom. The van der Waals surface area contributed by atoms with Crippen molar-refractivity contribution in [2.75, 3.05) is 6.54 Å². The lowest BCUT2D eigenvalue weighted by Gasteiger charge is -2.38. The lowest BCUT2D eigenvalue weighted by Crippen LogP contribution is -2.63. The lowest BCUT2D eigenvalue weighted by atomic mass is 10.0. The summed E-state index contributed by atoms with van der Waals surface area (Å²) in [4.78, 5) is 82.2. The minimum absolute atomic E-state index is 0.0330. The zero-order chi connectivity index (χ0) is 29.5. The normalized spacial score (nSPS) is 15.6. The van der Waals surface area contributed by atoms with E-state index in [-0.39, 0.29) is 46.2 Å². The van der Waals surface area contributed by atoms with Crippen LogP contribution in [-0.2, 0) is 34.0 Å². The number of urea groups is 1. The van der Waals surface area contributed by atoms with E-state index in [1.165, 1.54) is 0 Å². The highest BCUT2D eigenvalue weighted by Gasteiger charge is 2.48. The number of nitro groups is 1. The standard InChI is InChI=1S/C21H24N4O13S/c26-16-11-17(27)24(15(20(32)33)8-9-18(28)29)21(34)23(16)14(19(30)31)3-1-2-10-22-39(37,38)13-6-4-12(5-7-13)25(35)36/h4-7,14-15,22H,1-3,8-11H2,(H,28,29)(H,30,31)(H,32,33)/t14?,15-/m0/s1. The number of nitrogens with zero attached hydrogens (tertiary/aromatic N) is 3. The average molecular weight is 573 g/mol. The van der Waals surface area contributed by atoms with Crippen LogP contribution in [0.25, 0.3) is 0 Å². The highest BCUT2D eigenvalue weighted by atomic mass is 32.2. The highest BCUT2D eigenvalue weighted by molar-refractivity contribution is 7.89. The van der Waals surface area contributed by atoms with Gasteiger partial charge in [0.25, 0.3) is 5.69 Å². The molecule has 1 aliphatic rings. The van der Waals surface area contributed by atoms with Crippen LogP contribution in [0.15, 0.2) is 29.2 Å². The Balaban J connectivity index is 2.07. The van der Waals surface area contributed by atoms with Crippen LogP contribution in [0.3, 0.4) is 0 Å². The summed E-state index contributed by atoms with van der Waals surface area (Å²) in [7, 11) is -4.05. The van der Waals surface area contributed by atoms with Crippen molar-refractivity contribution in [3.05, 3.63) is 34.4 Å². The zero-order valence-electron chi connectivity index (χ0n) is 20.1. The number of amides is 4. The van der Waals surface area contributed by atoms with Gasteiger partial charge in [0.05, 0.1) is 9.82 Å². The number of non-ortho nitro benzene ring substituents is 1. The number of imide groups is 2. The van der Waals surface area contributed by atoms with Gasteiger partial charge < -0.3 is 15.3 Å². The number of nitrogens with one attached hydrogen (secondary N) is 1. The van der Waals surface area contributed by atoms with Crippen molar-refractivity contribution >= 4 is 51.5 Å². The predicted molar refractivity (Wildman–Crippen MR) is 126 cm³/mol. The number of sulfonamides is 1. The molecule has 0 saturated carbocycles. The van der Waals surface area contributed by atoms with E-state index in [1.54, 1.807) is 0 Å². The fourth-order valence-corrected chi connectivity index (χ4v) is 4.80. The van der Waals surface area contributed by atoms with Crippen molar-refractivity contribution in [2.45, 2.75) is 55.5 Å². The van der Waals surface area contributed by atoms with Crippen molar-refractivity contribution in [2.24, 2.45) is 0 Å². The number of carboxylic acids is 3. The molecule has 1 saturated heterocycles. The van der Waals surface area contributed by atoms with Gasteiger partial charge in [0.2, 0.25) is 21.8 Å². The molecule has 17 nitrogen and oxygen atoms in total. The van der Waals surface area contributed by atoms with Crippen molar-refractivity contribution in [1.82, 2.24) is 14.5 Å². The molecule has 1 aliphatic heterocycles. The molecule has 1 aromatic carbocycles. The number of benzene rings is 1. The van der Waals surface area contributed by atoms with E-state index in [9.17, 15) is 57.5 Å². The van der Waals surface area contributed by atoms with Crippen LogP contribution in [0.5, 0.6) is 0 Å². The second-order valence-corrected chi connectivity index (χ2v) is 10.0. The molecule has 0 radical (unpaired) electrons. The van der Waals surface area contributed by atoms with E-state index in [2.05, 4.69) is 4.72 Å². The smallest absolute Gasteiger partial charge is 0.335 e. The molecule has 0 bridgehead atoms. The Morgan fingerprint density at radius 2 is 1.44 bits per heavy atom. The van der Waals surface area contributed by atoms with Gasteiger partial charge in [-0.3, -0.25) is 24.5 Å². The summed E-state index contributed by atoms with van der Waals surface area (Å²) in [6.45, 7) is -0.200. The van der Waals surface area contributed by atoms with Crippen molar-refractivity contribution in [3.8, 4) is 0 Å². The van der Waals surface area contributed by atoms with Crippen LogP contribution < -0.4 is 4.72 Å². The summed E-state index contributed by atoms with van der Waals surface area (Å²) in [5.41, 5.74) is -0.313. The van der Waals surface area contributed by atoms with E-state index in [0.717, 1.165) is 24.3 Å². The number of hydrogen-bond donors (Lipinski definition) is 4. The summed E-state index contributed by atoms with van der Waals surface area (Å²) in [5, 5.41) is 38.6. The van der Waals surface area contributed by atoms with Gasteiger partial charge in [0, 0.05) is 25.1 Å². The fraction of sp³-hybridized carbons (Fsp3) is 0.429. The Kier molecular flexibility index (Phi) is 10.2. The number of unbranched alkanes of at least 4 members (excludes halogenated alkanes) is 1. The van der Waals surface area contributed by atoms with Crippen LogP contribution in [-0.4, -0.2) is 92.8 Å². The number of carboxylic acid groups (broad SMARTS) is 3. The minimum atomic E-state index is -4.05. The minimum Gasteiger partial charge on any atom is -0.481 e. The van der Waals surface area contributed by atoms with Crippen LogP contribution in [0.4, 0.5) is 10.5 Å². The average Bonchev–Trinajstić information content (AvgIpc) is 2.83. The molecular weight excluding hydrogens is 548 g/mol. The Hall–Kier alpha value is -4.45. The monoisotopic (exact) mass is 572 g/mol. The van der Waals surface area contributed by atoms with E-state index in [0.29, 0.717) is 0 Å². The molecule has 0 aliphatic carbocycles. The maximum absolute atomic E-state index is 12.9. The number of nitro benzene ring substituents is 1. The van der Waals surface area contributed by atoms with Gasteiger partial charge in [-0.15, -0.1) is 0 Å². The molecule has 4 N–H and O–H groups in total. The molecule has 4 amide bonds. The Morgan fingerprint density at radius 3 is 1.90 bits per heavy atom. The fourth-order valence-electron chi connectivity index (χ4n) is 3.73. The summed E-state index contributed by atoms with van der Waals surface area (Å²) < 4.78 is 26.9. The second kappa shape index (κ2) is 12.9. The third kappa shape index (κ3) is 7.77. The molecule has 1 aromatic rings. The molecule has 1 heterocycles. The number of rotatable bonds is 15. The van der Waals surface area contributed by atoms with E-state index in [1.807, 2.05) is 0 Å². The SMILES string of the molecule is O=C(O)CC[C@@H](C(=O)O)N1C(=O)CC(=O)N(C(CCCCNS(=O)(=O)c2ccc([N+](=O)[O-])cc2)C(=O)O)C1=O. The topological polar surface area (TPSA) is 259 Å². The summed E-state index contributed by atoms with van der Waals surface area (Å²) in [6.07, 6.45) is -2.78. The molecule has 1 unspecified atom stereocenters. The molecule has 0 spiro atoms. The maximum atomic E-state index is 12.9. The number of carbonyl (C=O) groups is 6. The van der Waals surface area contributed by atoms with Gasteiger partial charge in [-0.1, -0.05) is 0 Å². The highest BCUT2D eigenvalue weighted by Crippen LogP contribution is 2.23. The number of carbonyl (C=O) groups excluding carboxylic acids is 3. The summed E-state index contributed by atoms with van der Waals surface area (Å²) in [5.74, 6) is -7.17. The Bertz CT molecular complexity index is 1280. The Labute approximate surface area is 220 Å². The first-order valence-electron chi connectivity index (χ1n) is 11.3. The first-order valence-corrected chi connectivity index (χ1v) is 12.7. The number of barbiturate groups is 1. The first-order chi connectivity index (χ1) is 18.2. The van der Waals surface area contributed by atoms with Gasteiger partial charge >= 0.3 is 23.9 Å². The molecule has 2 atom stereocenters. The van der Waals surface area contributed by atoms with Crippen molar-refractivity contribution in [3.63, 3.8) is 0 Å². The second-order valence-electron chi connectivity index (χ2n) is 8.27. The molecule has 39 heavy (non-hydrogen) atoms. The van der Waals surface area contributed by atoms with Crippen LogP contribution in [0, 0.1) is 10.1 Å². The summed E-state index contributed by atoms with van der Waals surface area (Å²) in [6, 6.07) is -1.21. The third-order valence-electron chi connectivity index (χ3n) is 5.63. The molecule has 18 heteroatoms. The van der Waals surface area contributed by atoms with Gasteiger partial charge in [0.1, 0.15) is 18.5 Å². The molecule has 212 valence electrons. The van der Waals surface area contributed by atoms with Gasteiger partial charge in [-0.05, 0) is 37.8 Å². The molecule has 0 aromatic heterocycles. The van der Waals surface area contributed by atoms with Crippen molar-refractivity contribution < 1.29 is 57.4 Å². The van der Waals surface area contributed by atoms with E-state index >= 15 is 0 Å². The predicted octanol–water partition coefficient (Wildman–Crippen LogP) is -0.00450. The molecule has 2 rings (SSSR count). The van der Waals surface area contributed by atoms with Crippen LogP contribution >= 0.6 is 0 Å². The molecule has 1 fully saturated rings. The number of hydrogen-bond acceptors (Lipinski definition) is 10. The van der Waals surface area contributed by atoms with Crippen LogP contribution in [0.2, 0.25) is 0 Å². The third-order valence-corrected chi connectivity index (χ3v) is 7.11. The van der Waals surface area contributed by atoms with E-state index < -0.39 is 82.0 Å². The zero-order valence-corrected chi connectivity index (χ0v) is 20.9. The van der Waals surface area contributed by atoms with Gasteiger partial charge in [0.15, 0.2) is 0 Å². The lowest BCUT2D eigenvalue weighted by molar-refractivity contribution is -0.384. The van der Waals surface area contributed by atoms with Crippen molar-refractivity contribution in [1.29, 1.82) is 0 Å². The summed E-state index contributed by atoms with van der Waals surface area (Å²) >= 11 is 0. The van der Waals surface area contributed by atoms with Gasteiger partial charge in [-0.2, -0.15) is 0 Å². The largest absolute Gasteiger partial charge is 0.481 e. The van der Waals surface area contributed by atoms with Crippen LogP contribution in [0.1, 0.15) is 38.5 Å². The van der Waals surface area contributed by atoms with E-state index in [4.69, 9.17) is 5.11 Å². The maximum Gasteiger partial charge on any atom is 0.335 e.